The molecule has 0 atom stereocenters. The highest BCUT2D eigenvalue weighted by Gasteiger charge is 2.12. The number of ether oxygens (including phenoxy) is 1. The molecule has 2 N–H and O–H groups in total. The van der Waals surface area contributed by atoms with E-state index in [0.717, 1.165) is 11.4 Å². The van der Waals surface area contributed by atoms with Gasteiger partial charge in [0.25, 0.3) is 5.91 Å². The molecule has 0 unspecified atom stereocenters. The molecule has 7 heteroatoms. The summed E-state index contributed by atoms with van der Waals surface area (Å²) in [4.78, 5) is 16.5. The van der Waals surface area contributed by atoms with Gasteiger partial charge in [-0.3, -0.25) is 4.79 Å². The first-order valence-corrected chi connectivity index (χ1v) is 8.45. The Labute approximate surface area is 160 Å². The molecule has 0 spiro atoms. The number of pyridine rings is 1. The Hall–Kier alpha value is -2.76. The van der Waals surface area contributed by atoms with Gasteiger partial charge in [0.1, 0.15) is 11.4 Å². The van der Waals surface area contributed by atoms with Crippen LogP contribution in [0.15, 0.2) is 60.8 Å². The number of hydrogen-bond acceptors (Lipinski definition) is 4. The second kappa shape index (κ2) is 8.08. The lowest BCUT2D eigenvalue weighted by Gasteiger charge is -2.11. The van der Waals surface area contributed by atoms with Crippen LogP contribution in [-0.2, 0) is 0 Å². The van der Waals surface area contributed by atoms with Crippen LogP contribution in [0.5, 0.6) is 5.75 Å². The highest BCUT2D eigenvalue weighted by Crippen LogP contribution is 2.30. The maximum absolute atomic E-state index is 12.4. The summed E-state index contributed by atoms with van der Waals surface area (Å²) >= 11 is 12.1. The number of benzene rings is 2. The molecular formula is C19H15Cl2N3O2. The summed E-state index contributed by atoms with van der Waals surface area (Å²) in [6.45, 7) is 0. The zero-order valence-electron chi connectivity index (χ0n) is 13.8. The molecule has 5 nitrogen and oxygen atoms in total. The number of nitrogens with zero attached hydrogens (tertiary/aromatic N) is 1. The number of anilines is 3. The van der Waals surface area contributed by atoms with E-state index >= 15 is 0 Å². The van der Waals surface area contributed by atoms with Gasteiger partial charge in [-0.25, -0.2) is 4.98 Å². The van der Waals surface area contributed by atoms with E-state index in [4.69, 9.17) is 27.9 Å². The minimum atomic E-state index is -0.399. The normalized spacial score (nSPS) is 10.3. The zero-order chi connectivity index (χ0) is 18.5. The van der Waals surface area contributed by atoms with Crippen molar-refractivity contribution < 1.29 is 9.53 Å². The van der Waals surface area contributed by atoms with E-state index < -0.39 is 5.91 Å². The van der Waals surface area contributed by atoms with E-state index in [1.165, 1.54) is 0 Å². The van der Waals surface area contributed by atoms with Crippen molar-refractivity contribution in [2.24, 2.45) is 0 Å². The second-order valence-electron chi connectivity index (χ2n) is 5.31. The zero-order valence-corrected chi connectivity index (χ0v) is 15.3. The summed E-state index contributed by atoms with van der Waals surface area (Å²) in [5.74, 6) is 0.312. The monoisotopic (exact) mass is 387 g/mol. The third-order valence-corrected chi connectivity index (χ3v) is 4.21. The quantitative estimate of drug-likeness (QED) is 0.615. The number of para-hydroxylation sites is 3. The largest absolute Gasteiger partial charge is 0.495 e. The van der Waals surface area contributed by atoms with Crippen molar-refractivity contribution in [3.05, 3.63) is 76.5 Å². The number of hydrogen-bond donors (Lipinski definition) is 2. The number of carbonyl (C=O) groups excluding carboxylic acids is 1. The van der Waals surface area contributed by atoms with Crippen molar-refractivity contribution in [2.75, 3.05) is 17.7 Å². The minimum Gasteiger partial charge on any atom is -0.495 e. The number of carbonyl (C=O) groups is 1. The van der Waals surface area contributed by atoms with Gasteiger partial charge >= 0.3 is 0 Å². The number of rotatable bonds is 5. The molecule has 1 aromatic heterocycles. The lowest BCUT2D eigenvalue weighted by Crippen LogP contribution is -2.14. The Morgan fingerprint density at radius 2 is 1.73 bits per heavy atom. The third-order valence-electron chi connectivity index (χ3n) is 3.58. The molecule has 0 radical (unpaired) electrons. The number of halogens is 2. The fourth-order valence-corrected chi connectivity index (χ4v) is 2.79. The van der Waals surface area contributed by atoms with Crippen molar-refractivity contribution in [2.45, 2.75) is 0 Å². The molecule has 1 heterocycles. The van der Waals surface area contributed by atoms with E-state index in [1.807, 2.05) is 24.3 Å². The topological polar surface area (TPSA) is 63.2 Å². The highest BCUT2D eigenvalue weighted by molar-refractivity contribution is 6.40. The molecule has 3 aromatic rings. The van der Waals surface area contributed by atoms with Crippen LogP contribution in [0.4, 0.5) is 17.1 Å². The standard InChI is InChI=1S/C19H15Cl2N3O2/c1-26-17-8-3-2-7-15(17)23-12-9-10-16(22-11-12)19(25)24-18-13(20)5-4-6-14(18)21/h2-11,23H,1H3,(H,24,25). The Morgan fingerprint density at radius 3 is 2.38 bits per heavy atom. The predicted octanol–water partition coefficient (Wildman–Crippen LogP) is 5.39. The van der Waals surface area contributed by atoms with Gasteiger partial charge in [0, 0.05) is 0 Å². The maximum Gasteiger partial charge on any atom is 0.274 e. The first-order chi connectivity index (χ1) is 12.6. The van der Waals surface area contributed by atoms with Gasteiger partial charge in [0.15, 0.2) is 0 Å². The predicted molar refractivity (Wildman–Crippen MR) is 105 cm³/mol. The Kier molecular flexibility index (Phi) is 5.61. The molecule has 0 aliphatic rings. The van der Waals surface area contributed by atoms with Crippen LogP contribution < -0.4 is 15.4 Å². The van der Waals surface area contributed by atoms with Crippen LogP contribution >= 0.6 is 23.2 Å². The van der Waals surface area contributed by atoms with Crippen molar-refractivity contribution >= 4 is 46.2 Å². The van der Waals surface area contributed by atoms with Crippen LogP contribution in [0.3, 0.4) is 0 Å². The molecule has 0 fully saturated rings. The van der Waals surface area contributed by atoms with Gasteiger partial charge in [-0.2, -0.15) is 0 Å². The fourth-order valence-electron chi connectivity index (χ4n) is 2.30. The first-order valence-electron chi connectivity index (χ1n) is 7.70. The Bertz CT molecular complexity index is 910. The van der Waals surface area contributed by atoms with Crippen molar-refractivity contribution in [3.63, 3.8) is 0 Å². The van der Waals surface area contributed by atoms with Crippen molar-refractivity contribution in [1.82, 2.24) is 4.98 Å². The highest BCUT2D eigenvalue weighted by atomic mass is 35.5. The van der Waals surface area contributed by atoms with Gasteiger partial charge in [-0.1, -0.05) is 41.4 Å². The molecule has 0 saturated heterocycles. The molecule has 3 rings (SSSR count). The molecule has 0 saturated carbocycles. The van der Waals surface area contributed by atoms with Gasteiger partial charge in [0.2, 0.25) is 0 Å². The van der Waals surface area contributed by atoms with E-state index in [1.54, 1.807) is 43.6 Å². The summed E-state index contributed by atoms with van der Waals surface area (Å²) in [5, 5.41) is 6.60. The number of methoxy groups -OCH3 is 1. The molecule has 1 amide bonds. The Morgan fingerprint density at radius 1 is 1.00 bits per heavy atom. The molecule has 26 heavy (non-hydrogen) atoms. The van der Waals surface area contributed by atoms with Crippen molar-refractivity contribution in [1.29, 1.82) is 0 Å². The van der Waals surface area contributed by atoms with Gasteiger partial charge in [0.05, 0.1) is 40.4 Å². The lowest BCUT2D eigenvalue weighted by atomic mass is 10.2. The summed E-state index contributed by atoms with van der Waals surface area (Å²) in [6, 6.07) is 15.9. The average Bonchev–Trinajstić information content (AvgIpc) is 2.66. The van der Waals surface area contributed by atoms with E-state index in [0.29, 0.717) is 21.5 Å². The molecule has 132 valence electrons. The summed E-state index contributed by atoms with van der Waals surface area (Å²) < 4.78 is 5.30. The van der Waals surface area contributed by atoms with E-state index in [-0.39, 0.29) is 5.69 Å². The first kappa shape index (κ1) is 18.0. The third kappa shape index (κ3) is 4.07. The molecule has 0 bridgehead atoms. The molecule has 0 aliphatic heterocycles. The van der Waals surface area contributed by atoms with Crippen LogP contribution in [0.1, 0.15) is 10.5 Å². The minimum absolute atomic E-state index is 0.242. The van der Waals surface area contributed by atoms with Crippen LogP contribution in [0, 0.1) is 0 Å². The van der Waals surface area contributed by atoms with Crippen LogP contribution in [-0.4, -0.2) is 18.0 Å². The molecular weight excluding hydrogens is 373 g/mol. The van der Waals surface area contributed by atoms with Crippen LogP contribution in [0.2, 0.25) is 10.0 Å². The lowest BCUT2D eigenvalue weighted by molar-refractivity contribution is 0.102. The Balaban J connectivity index is 1.74. The summed E-state index contributed by atoms with van der Waals surface area (Å²) in [7, 11) is 1.60. The average molecular weight is 388 g/mol. The molecule has 0 aliphatic carbocycles. The van der Waals surface area contributed by atoms with Gasteiger partial charge in [-0.15, -0.1) is 0 Å². The van der Waals surface area contributed by atoms with E-state index in [9.17, 15) is 4.79 Å². The SMILES string of the molecule is COc1ccccc1Nc1ccc(C(=O)Nc2c(Cl)cccc2Cl)nc1. The summed E-state index contributed by atoms with van der Waals surface area (Å²) in [6.07, 6.45) is 1.57. The second-order valence-corrected chi connectivity index (χ2v) is 6.12. The number of nitrogens with one attached hydrogen (secondary N) is 2. The molecule has 2 aromatic carbocycles. The smallest absolute Gasteiger partial charge is 0.274 e. The van der Waals surface area contributed by atoms with Crippen LogP contribution in [0.25, 0.3) is 0 Å². The number of amides is 1. The maximum atomic E-state index is 12.4. The number of aromatic nitrogens is 1. The summed E-state index contributed by atoms with van der Waals surface area (Å²) in [5.41, 5.74) is 2.13. The van der Waals surface area contributed by atoms with Crippen molar-refractivity contribution in [3.8, 4) is 5.75 Å². The van der Waals surface area contributed by atoms with E-state index in [2.05, 4.69) is 15.6 Å². The van der Waals surface area contributed by atoms with Gasteiger partial charge < -0.3 is 15.4 Å². The van der Waals surface area contributed by atoms with Gasteiger partial charge in [-0.05, 0) is 36.4 Å². The fraction of sp³-hybridized carbons (Fsp3) is 0.0526.